The SMILES string of the molecule is CC(C)(OCC(O)COc1ccc(C2(c3ccc(C(C)(C)OCC4CO4)cc3)CC(c3ccccc3)c3cc(C=O)c(C=O)cc32)cc1)c1ccc(C2(c3ccc(OCC4CO4)cc3)CC(c3ccccc3)c3cc(C=O)c(C=O)cc32)cc1. The van der Waals surface area contributed by atoms with Crippen LogP contribution >= 0.6 is 0 Å². The minimum absolute atomic E-state index is 0.00740. The Hall–Kier alpha value is -8.16. The van der Waals surface area contributed by atoms with Gasteiger partial charge in [-0.2, -0.15) is 0 Å². The molecule has 2 saturated heterocycles. The van der Waals surface area contributed by atoms with Crippen molar-refractivity contribution in [1.29, 1.82) is 0 Å². The van der Waals surface area contributed by atoms with Crippen LogP contribution < -0.4 is 9.47 Å². The molecule has 0 amide bonds. The number of ether oxygens (including phenoxy) is 6. The number of fused-ring (bicyclic) bond motifs is 2. The Morgan fingerprint density at radius 2 is 0.845 bits per heavy atom. The van der Waals surface area contributed by atoms with Gasteiger partial charge in [0.15, 0.2) is 25.1 Å². The van der Waals surface area contributed by atoms with Gasteiger partial charge in [-0.3, -0.25) is 19.2 Å². The van der Waals surface area contributed by atoms with Gasteiger partial charge < -0.3 is 33.5 Å². The monoisotopic (exact) mass is 1120 g/mol. The molecule has 8 aromatic carbocycles. The molecule has 1 N–H and O–H groups in total. The van der Waals surface area contributed by atoms with E-state index in [1.165, 1.54) is 0 Å². The first-order chi connectivity index (χ1) is 40.8. The summed E-state index contributed by atoms with van der Waals surface area (Å²) in [5.74, 6) is 1.13. The third kappa shape index (κ3) is 10.9. The first-order valence-corrected chi connectivity index (χ1v) is 28.9. The van der Waals surface area contributed by atoms with E-state index in [9.17, 15) is 24.3 Å². The first kappa shape index (κ1) is 56.3. The zero-order valence-corrected chi connectivity index (χ0v) is 47.7. The highest BCUT2D eigenvalue weighted by atomic mass is 16.6. The number of aldehydes is 4. The lowest BCUT2D eigenvalue weighted by Crippen LogP contribution is -2.31. The molecule has 0 bridgehead atoms. The van der Waals surface area contributed by atoms with Gasteiger partial charge in [0.25, 0.3) is 0 Å². The summed E-state index contributed by atoms with van der Waals surface area (Å²) in [4.78, 5) is 50.2. The van der Waals surface area contributed by atoms with Crippen molar-refractivity contribution in [1.82, 2.24) is 0 Å². The van der Waals surface area contributed by atoms with E-state index in [1.807, 2.05) is 98.8 Å². The number of aliphatic hydroxyl groups is 1. The van der Waals surface area contributed by atoms with Gasteiger partial charge in [0.2, 0.25) is 0 Å². The Balaban J connectivity index is 0.790. The summed E-state index contributed by atoms with van der Waals surface area (Å²) in [7, 11) is 0. The molecule has 426 valence electrons. The predicted octanol–water partition coefficient (Wildman–Crippen LogP) is 12.8. The third-order valence-electron chi connectivity index (χ3n) is 17.9. The number of carbonyl (C=O) groups is 4. The van der Waals surface area contributed by atoms with E-state index in [-0.39, 0.29) is 37.3 Å². The van der Waals surface area contributed by atoms with Crippen molar-refractivity contribution in [3.05, 3.63) is 271 Å². The van der Waals surface area contributed by atoms with E-state index in [2.05, 4.69) is 111 Å². The number of carbonyl (C=O) groups excluding carboxylic acids is 4. The molecular weight excluding hydrogens is 1050 g/mol. The molecule has 7 unspecified atom stereocenters. The number of benzene rings is 8. The summed E-state index contributed by atoms with van der Waals surface area (Å²) in [5.41, 5.74) is 10.6. The average molecular weight is 1120 g/mol. The lowest BCUT2D eigenvalue weighted by molar-refractivity contribution is -0.0717. The van der Waals surface area contributed by atoms with Crippen LogP contribution in [0.1, 0.15) is 161 Å². The molecule has 11 nitrogen and oxygen atoms in total. The molecule has 2 fully saturated rings. The highest BCUT2D eigenvalue weighted by Gasteiger charge is 2.49. The summed E-state index contributed by atoms with van der Waals surface area (Å²) in [6.07, 6.45) is 3.60. The topological polar surface area (TPSA) is 150 Å². The number of epoxide rings is 2. The highest BCUT2D eigenvalue weighted by Crippen LogP contribution is 2.58. The summed E-state index contributed by atoms with van der Waals surface area (Å²) in [5, 5.41) is 11.5. The molecule has 0 aromatic heterocycles. The van der Waals surface area contributed by atoms with E-state index in [0.29, 0.717) is 67.3 Å². The van der Waals surface area contributed by atoms with Crippen molar-refractivity contribution >= 4 is 25.1 Å². The minimum Gasteiger partial charge on any atom is -0.491 e. The molecule has 2 heterocycles. The standard InChI is InChI=1S/C73H68O11/c1-70(2,53-15-19-55(20-16-53)73(58-25-29-61(30-26-58)80-43-62-44-81-62)36-67(48-13-9-6-10-14-48)65-32-50(38-75)52(40-77)34-69(65)73)83-42-59(78)41-79-60-27-23-57(24-28-60)72(56-21-17-54(18-22-56)71(3,4)84-46-63-45-82-63)35-66(47-11-7-5-8-12-47)64-31-49(37-74)51(39-76)33-68(64)72/h5-34,37-40,59,62-63,66-67,78H,35-36,41-46H2,1-4H3. The van der Waals surface area contributed by atoms with Gasteiger partial charge in [-0.1, -0.05) is 133 Å². The number of hydrogen-bond acceptors (Lipinski definition) is 11. The van der Waals surface area contributed by atoms with Crippen LogP contribution in [0.25, 0.3) is 0 Å². The van der Waals surface area contributed by atoms with Crippen LogP contribution in [0.2, 0.25) is 0 Å². The van der Waals surface area contributed by atoms with Gasteiger partial charge >= 0.3 is 0 Å². The Morgan fingerprint density at radius 1 is 0.476 bits per heavy atom. The van der Waals surface area contributed by atoms with E-state index in [0.717, 1.165) is 97.7 Å². The maximum absolute atomic E-state index is 12.6. The molecule has 0 radical (unpaired) electrons. The molecule has 0 saturated carbocycles. The van der Waals surface area contributed by atoms with Gasteiger partial charge in [-0.15, -0.1) is 0 Å². The molecule has 12 rings (SSSR count). The zero-order chi connectivity index (χ0) is 58.2. The number of hydrogen-bond donors (Lipinski definition) is 1. The maximum atomic E-state index is 12.6. The molecule has 2 aliphatic heterocycles. The molecule has 84 heavy (non-hydrogen) atoms. The van der Waals surface area contributed by atoms with Crippen molar-refractivity contribution in [2.45, 2.75) is 92.7 Å². The van der Waals surface area contributed by atoms with Crippen LogP contribution in [0.5, 0.6) is 11.5 Å². The van der Waals surface area contributed by atoms with Crippen molar-refractivity contribution in [2.75, 3.05) is 39.6 Å². The van der Waals surface area contributed by atoms with Crippen LogP contribution in [0.15, 0.2) is 182 Å². The van der Waals surface area contributed by atoms with E-state index < -0.39 is 28.1 Å². The molecule has 8 aromatic rings. The normalized spacial score (nSPS) is 21.6. The second-order valence-corrected chi connectivity index (χ2v) is 23.8. The van der Waals surface area contributed by atoms with Gasteiger partial charge in [0.1, 0.15) is 43.0 Å². The summed E-state index contributed by atoms with van der Waals surface area (Å²) in [6, 6.07) is 61.2. The second kappa shape index (κ2) is 23.1. The van der Waals surface area contributed by atoms with E-state index >= 15 is 0 Å². The fourth-order valence-corrected chi connectivity index (χ4v) is 13.0. The summed E-state index contributed by atoms with van der Waals surface area (Å²) >= 11 is 0. The van der Waals surface area contributed by atoms with Crippen LogP contribution in [-0.2, 0) is 41.0 Å². The third-order valence-corrected chi connectivity index (χ3v) is 17.9. The Bertz CT molecular complexity index is 3680. The average Bonchev–Trinajstić information content (AvgIpc) is 1.68. The van der Waals surface area contributed by atoms with Crippen LogP contribution in [0, 0.1) is 0 Å². The smallest absolute Gasteiger partial charge is 0.150 e. The first-order valence-electron chi connectivity index (χ1n) is 28.9. The molecular formula is C73H68O11. The van der Waals surface area contributed by atoms with E-state index in [4.69, 9.17) is 28.4 Å². The van der Waals surface area contributed by atoms with Gasteiger partial charge in [-0.25, -0.2) is 0 Å². The van der Waals surface area contributed by atoms with Gasteiger partial charge in [-0.05, 0) is 156 Å². The highest BCUT2D eigenvalue weighted by molar-refractivity contribution is 5.92. The second-order valence-electron chi connectivity index (χ2n) is 23.8. The Labute approximate surface area is 490 Å². The Morgan fingerprint density at radius 3 is 1.25 bits per heavy atom. The van der Waals surface area contributed by atoms with Crippen molar-refractivity contribution < 1.29 is 52.7 Å². The Kier molecular flexibility index (Phi) is 15.5. The summed E-state index contributed by atoms with van der Waals surface area (Å²) in [6.45, 7) is 10.5. The molecule has 4 aliphatic rings. The molecule has 11 heteroatoms. The van der Waals surface area contributed by atoms with Crippen molar-refractivity contribution in [3.8, 4) is 11.5 Å². The largest absolute Gasteiger partial charge is 0.491 e. The van der Waals surface area contributed by atoms with Gasteiger partial charge in [0, 0.05) is 44.9 Å². The predicted molar refractivity (Wildman–Crippen MR) is 320 cm³/mol. The number of rotatable bonds is 24. The molecule has 7 atom stereocenters. The van der Waals surface area contributed by atoms with Gasteiger partial charge in [0.05, 0.1) is 37.6 Å². The van der Waals surface area contributed by atoms with Crippen LogP contribution in [0.3, 0.4) is 0 Å². The maximum Gasteiger partial charge on any atom is 0.150 e. The molecule has 0 spiro atoms. The minimum atomic E-state index is -0.972. The lowest BCUT2D eigenvalue weighted by atomic mass is 9.69. The van der Waals surface area contributed by atoms with Crippen LogP contribution in [0.4, 0.5) is 0 Å². The lowest BCUT2D eigenvalue weighted by Gasteiger charge is -2.34. The van der Waals surface area contributed by atoms with E-state index in [1.54, 1.807) is 0 Å². The quantitative estimate of drug-likeness (QED) is 0.0455. The van der Waals surface area contributed by atoms with Crippen LogP contribution in [-0.4, -0.2) is 88.2 Å². The summed E-state index contributed by atoms with van der Waals surface area (Å²) < 4.78 is 36.0. The van der Waals surface area contributed by atoms with Crippen molar-refractivity contribution in [2.24, 2.45) is 0 Å². The fraction of sp³-hybridized carbons (Fsp3) is 0.288. The zero-order valence-electron chi connectivity index (χ0n) is 47.7. The number of aliphatic hydroxyl groups excluding tert-OH is 1. The fourth-order valence-electron chi connectivity index (χ4n) is 13.0. The molecule has 2 aliphatic carbocycles. The van der Waals surface area contributed by atoms with Crippen molar-refractivity contribution in [3.63, 3.8) is 0 Å².